The molecule has 1 aromatic heterocycles. The van der Waals surface area contributed by atoms with Gasteiger partial charge < -0.3 is 4.57 Å². The highest BCUT2D eigenvalue weighted by molar-refractivity contribution is 9.10. The molecule has 0 bridgehead atoms. The monoisotopic (exact) mass is 565 g/mol. The van der Waals surface area contributed by atoms with Crippen LogP contribution in [0.5, 0.6) is 0 Å². The number of carbonyl (C=O) groups excluding carboxylic acids is 1. The van der Waals surface area contributed by atoms with Gasteiger partial charge in [0.15, 0.2) is 0 Å². The lowest BCUT2D eigenvalue weighted by Gasteiger charge is -2.09. The molecular formula is C28H25BrClN3OS. The topological polar surface area (TPSA) is 46.4 Å². The SMILES string of the molecule is Cc1ccc(-n2c(C)c(Br)c(/C=N\NC(=O)c3ccc(CSc4ccc(Cl)cc4)cc3)c2C)cc1. The molecule has 7 heteroatoms. The maximum absolute atomic E-state index is 12.6. The number of nitrogens with one attached hydrogen (secondary N) is 1. The second-order valence-corrected chi connectivity index (χ2v) is 10.5. The van der Waals surface area contributed by atoms with Gasteiger partial charge in [-0.2, -0.15) is 5.10 Å². The Balaban J connectivity index is 1.39. The van der Waals surface area contributed by atoms with Crippen LogP contribution in [0.15, 0.2) is 87.3 Å². The normalized spacial score (nSPS) is 11.2. The number of benzene rings is 3. The van der Waals surface area contributed by atoms with E-state index >= 15 is 0 Å². The molecule has 0 fully saturated rings. The Labute approximate surface area is 223 Å². The van der Waals surface area contributed by atoms with Gasteiger partial charge in [-0.05, 0) is 90.8 Å². The molecule has 0 aliphatic heterocycles. The van der Waals surface area contributed by atoms with Crippen molar-refractivity contribution in [3.8, 4) is 5.69 Å². The number of amides is 1. The Bertz CT molecular complexity index is 1360. The Kier molecular flexibility index (Phi) is 8.16. The van der Waals surface area contributed by atoms with E-state index in [2.05, 4.69) is 69.1 Å². The van der Waals surface area contributed by atoms with Gasteiger partial charge in [0.2, 0.25) is 0 Å². The zero-order chi connectivity index (χ0) is 24.9. The average molecular weight is 567 g/mol. The molecule has 0 saturated heterocycles. The lowest BCUT2D eigenvalue weighted by Crippen LogP contribution is -2.17. The van der Waals surface area contributed by atoms with Crippen LogP contribution in [0.3, 0.4) is 0 Å². The zero-order valence-corrected chi connectivity index (χ0v) is 22.8. The average Bonchev–Trinajstić information content (AvgIpc) is 3.07. The first kappa shape index (κ1) is 25.3. The van der Waals surface area contributed by atoms with E-state index in [9.17, 15) is 4.79 Å². The molecule has 4 rings (SSSR count). The van der Waals surface area contributed by atoms with Crippen molar-refractivity contribution in [2.24, 2.45) is 5.10 Å². The number of aromatic nitrogens is 1. The molecule has 0 aliphatic rings. The Morgan fingerprint density at radius 2 is 1.63 bits per heavy atom. The summed E-state index contributed by atoms with van der Waals surface area (Å²) in [5.41, 5.74) is 9.69. The van der Waals surface area contributed by atoms with Crippen molar-refractivity contribution in [1.82, 2.24) is 9.99 Å². The highest BCUT2D eigenvalue weighted by atomic mass is 79.9. The third-order valence-corrected chi connectivity index (χ3v) is 8.04. The molecule has 0 aliphatic carbocycles. The summed E-state index contributed by atoms with van der Waals surface area (Å²) in [5.74, 6) is 0.563. The van der Waals surface area contributed by atoms with Crippen molar-refractivity contribution in [2.45, 2.75) is 31.4 Å². The first-order chi connectivity index (χ1) is 16.8. The smallest absolute Gasteiger partial charge is 0.271 e. The largest absolute Gasteiger partial charge is 0.317 e. The first-order valence-corrected chi connectivity index (χ1v) is 13.2. The maximum Gasteiger partial charge on any atom is 0.271 e. The van der Waals surface area contributed by atoms with Gasteiger partial charge in [0.05, 0.1) is 6.21 Å². The van der Waals surface area contributed by atoms with Gasteiger partial charge in [-0.3, -0.25) is 4.79 Å². The van der Waals surface area contributed by atoms with E-state index in [0.29, 0.717) is 5.56 Å². The summed E-state index contributed by atoms with van der Waals surface area (Å²) in [6.07, 6.45) is 1.69. The summed E-state index contributed by atoms with van der Waals surface area (Å²) >= 11 is 11.3. The minimum absolute atomic E-state index is 0.249. The van der Waals surface area contributed by atoms with Crippen LogP contribution in [0.2, 0.25) is 5.02 Å². The van der Waals surface area contributed by atoms with Crippen molar-refractivity contribution in [2.75, 3.05) is 0 Å². The van der Waals surface area contributed by atoms with Crippen LogP contribution < -0.4 is 5.43 Å². The standard InChI is InChI=1S/C28H25BrClN3OS/c1-18-4-12-24(13-5-18)33-19(2)26(27(29)20(33)3)16-31-32-28(34)22-8-6-21(7-9-22)17-35-25-14-10-23(30)11-15-25/h4-16H,17H2,1-3H3,(H,32,34)/b31-16-. The van der Waals surface area contributed by atoms with E-state index in [1.54, 1.807) is 18.0 Å². The number of rotatable bonds is 7. The van der Waals surface area contributed by atoms with Gasteiger partial charge in [-0.15, -0.1) is 11.8 Å². The second kappa shape index (κ2) is 11.3. The molecule has 0 unspecified atom stereocenters. The van der Waals surface area contributed by atoms with E-state index in [0.717, 1.165) is 48.3 Å². The zero-order valence-electron chi connectivity index (χ0n) is 19.7. The van der Waals surface area contributed by atoms with E-state index in [1.807, 2.05) is 55.5 Å². The van der Waals surface area contributed by atoms with Crippen LogP contribution in [0, 0.1) is 20.8 Å². The lowest BCUT2D eigenvalue weighted by molar-refractivity contribution is 0.0955. The van der Waals surface area contributed by atoms with Crippen LogP contribution >= 0.6 is 39.3 Å². The number of halogens is 2. The summed E-state index contributed by atoms with van der Waals surface area (Å²) in [4.78, 5) is 13.7. The van der Waals surface area contributed by atoms with Gasteiger partial charge >= 0.3 is 0 Å². The Hall–Kier alpha value is -2.80. The van der Waals surface area contributed by atoms with Gasteiger partial charge in [-0.25, -0.2) is 5.43 Å². The first-order valence-electron chi connectivity index (χ1n) is 11.1. The van der Waals surface area contributed by atoms with Crippen LogP contribution in [0.25, 0.3) is 5.69 Å². The lowest BCUT2D eigenvalue weighted by atomic mass is 10.1. The van der Waals surface area contributed by atoms with Crippen LogP contribution in [-0.2, 0) is 5.75 Å². The third-order valence-electron chi connectivity index (χ3n) is 5.70. The van der Waals surface area contributed by atoms with Crippen LogP contribution in [-0.4, -0.2) is 16.7 Å². The maximum atomic E-state index is 12.6. The molecule has 1 N–H and O–H groups in total. The fourth-order valence-corrected chi connectivity index (χ4v) is 5.27. The van der Waals surface area contributed by atoms with E-state index in [-0.39, 0.29) is 5.91 Å². The molecule has 1 amide bonds. The fourth-order valence-electron chi connectivity index (χ4n) is 3.72. The van der Waals surface area contributed by atoms with E-state index < -0.39 is 0 Å². The molecule has 0 saturated carbocycles. The van der Waals surface area contributed by atoms with Crippen molar-refractivity contribution < 1.29 is 4.79 Å². The molecule has 35 heavy (non-hydrogen) atoms. The fraction of sp³-hybridized carbons (Fsp3) is 0.143. The summed E-state index contributed by atoms with van der Waals surface area (Å²) < 4.78 is 3.13. The quantitative estimate of drug-likeness (QED) is 0.141. The minimum atomic E-state index is -0.249. The molecule has 4 nitrogen and oxygen atoms in total. The van der Waals surface area contributed by atoms with Gasteiger partial charge in [0.1, 0.15) is 0 Å². The Morgan fingerprint density at radius 3 is 2.29 bits per heavy atom. The molecular weight excluding hydrogens is 542 g/mol. The third kappa shape index (κ3) is 6.07. The van der Waals surface area contributed by atoms with Crippen molar-refractivity contribution >= 4 is 51.4 Å². The summed E-state index contributed by atoms with van der Waals surface area (Å²) in [6.45, 7) is 6.17. The number of hydrazone groups is 1. The summed E-state index contributed by atoms with van der Waals surface area (Å²) in [7, 11) is 0. The van der Waals surface area contributed by atoms with Gasteiger partial charge in [0.25, 0.3) is 5.91 Å². The number of hydrogen-bond donors (Lipinski definition) is 1. The number of hydrogen-bond acceptors (Lipinski definition) is 3. The molecule has 3 aromatic carbocycles. The molecule has 0 spiro atoms. The second-order valence-electron chi connectivity index (χ2n) is 8.21. The molecule has 0 radical (unpaired) electrons. The molecule has 1 heterocycles. The predicted octanol–water partition coefficient (Wildman–Crippen LogP) is 7.87. The highest BCUT2D eigenvalue weighted by Gasteiger charge is 2.16. The van der Waals surface area contributed by atoms with Gasteiger partial charge in [-0.1, -0.05) is 41.4 Å². The van der Waals surface area contributed by atoms with Gasteiger partial charge in [0, 0.05) is 48.3 Å². The highest BCUT2D eigenvalue weighted by Crippen LogP contribution is 2.29. The number of nitrogens with zero attached hydrogens (tertiary/aromatic N) is 2. The van der Waals surface area contributed by atoms with Crippen molar-refractivity contribution in [3.63, 3.8) is 0 Å². The summed E-state index contributed by atoms with van der Waals surface area (Å²) in [6, 6.07) is 23.7. The molecule has 4 aromatic rings. The molecule has 178 valence electrons. The Morgan fingerprint density at radius 1 is 0.971 bits per heavy atom. The molecule has 0 atom stereocenters. The van der Waals surface area contributed by atoms with E-state index in [1.165, 1.54) is 5.56 Å². The van der Waals surface area contributed by atoms with Crippen LogP contribution in [0.4, 0.5) is 0 Å². The summed E-state index contributed by atoms with van der Waals surface area (Å²) in [5, 5.41) is 4.95. The van der Waals surface area contributed by atoms with E-state index in [4.69, 9.17) is 11.6 Å². The minimum Gasteiger partial charge on any atom is -0.317 e. The number of carbonyl (C=O) groups is 1. The number of thioether (sulfide) groups is 1. The van der Waals surface area contributed by atoms with Crippen molar-refractivity contribution in [3.05, 3.63) is 116 Å². The van der Waals surface area contributed by atoms with Crippen molar-refractivity contribution in [1.29, 1.82) is 0 Å². The predicted molar refractivity (Wildman–Crippen MR) is 150 cm³/mol. The number of aryl methyl sites for hydroxylation is 1. The van der Waals surface area contributed by atoms with Crippen LogP contribution in [0.1, 0.15) is 38.4 Å².